The van der Waals surface area contributed by atoms with Crippen LogP contribution in [0.15, 0.2) is 51.9 Å². The van der Waals surface area contributed by atoms with Gasteiger partial charge in [-0.05, 0) is 61.8 Å². The van der Waals surface area contributed by atoms with Crippen LogP contribution in [0.2, 0.25) is 0 Å². The number of nitriles is 1. The fourth-order valence-electron chi connectivity index (χ4n) is 5.67. The van der Waals surface area contributed by atoms with Crippen LogP contribution in [0.3, 0.4) is 0 Å². The van der Waals surface area contributed by atoms with E-state index >= 15 is 4.39 Å². The average Bonchev–Trinajstić information content (AvgIpc) is 3.79. The minimum absolute atomic E-state index is 0.00217. The molecule has 7 rings (SSSR count). The molecule has 1 atom stereocenters. The summed E-state index contributed by atoms with van der Waals surface area (Å²) in [6.07, 6.45) is 4.28. The molecule has 1 aromatic heterocycles. The molecule has 4 aliphatic rings. The van der Waals surface area contributed by atoms with E-state index in [0.29, 0.717) is 41.2 Å². The average molecular weight is 497 g/mol. The van der Waals surface area contributed by atoms with Gasteiger partial charge in [0.1, 0.15) is 28.8 Å². The third-order valence-electron chi connectivity index (χ3n) is 8.07. The quantitative estimate of drug-likeness (QED) is 0.521. The normalized spacial score (nSPS) is 22.1. The van der Waals surface area contributed by atoms with Gasteiger partial charge in [-0.1, -0.05) is 18.2 Å². The summed E-state index contributed by atoms with van der Waals surface area (Å²) in [5.41, 5.74) is 1.57. The van der Waals surface area contributed by atoms with E-state index in [1.807, 2.05) is 17.0 Å². The molecule has 37 heavy (non-hydrogen) atoms. The van der Waals surface area contributed by atoms with Crippen LogP contribution in [0.1, 0.15) is 43.4 Å². The highest BCUT2D eigenvalue weighted by molar-refractivity contribution is 6.16. The van der Waals surface area contributed by atoms with Gasteiger partial charge in [-0.3, -0.25) is 19.5 Å². The van der Waals surface area contributed by atoms with Crippen LogP contribution in [0.4, 0.5) is 4.39 Å². The predicted octanol–water partition coefficient (Wildman–Crippen LogP) is 4.49. The zero-order valence-corrected chi connectivity index (χ0v) is 20.2. The number of amidine groups is 1. The van der Waals surface area contributed by atoms with Crippen molar-refractivity contribution in [3.8, 4) is 17.2 Å². The molecule has 2 aliphatic carbocycles. The van der Waals surface area contributed by atoms with Crippen LogP contribution in [0.5, 0.6) is 0 Å². The second-order valence-electron chi connectivity index (χ2n) is 10.8. The van der Waals surface area contributed by atoms with Crippen LogP contribution in [0.25, 0.3) is 22.1 Å². The molecule has 3 aromatic rings. The second kappa shape index (κ2) is 8.01. The molecule has 2 amide bonds. The summed E-state index contributed by atoms with van der Waals surface area (Å²) < 4.78 is 20.9. The topological polar surface area (TPSA) is 89.9 Å². The maximum absolute atomic E-state index is 15.4. The van der Waals surface area contributed by atoms with Crippen molar-refractivity contribution < 1.29 is 18.4 Å². The number of carbonyl (C=O) groups excluding carboxylic acids is 2. The largest absolute Gasteiger partial charge is 0.446 e. The smallest absolute Gasteiger partial charge is 0.256 e. The third-order valence-corrected chi connectivity index (χ3v) is 8.07. The fourth-order valence-corrected chi connectivity index (χ4v) is 5.67. The fraction of sp³-hybridized carbons (Fsp3) is 0.379. The van der Waals surface area contributed by atoms with Gasteiger partial charge in [-0.2, -0.15) is 5.26 Å². The Labute approximate surface area is 213 Å². The minimum atomic E-state index is -0.683. The highest BCUT2D eigenvalue weighted by Gasteiger charge is 2.57. The van der Waals surface area contributed by atoms with Gasteiger partial charge in [0.25, 0.3) is 5.91 Å². The Bertz CT molecular complexity index is 1540. The summed E-state index contributed by atoms with van der Waals surface area (Å²) in [6, 6.07) is 13.9. The highest BCUT2D eigenvalue weighted by atomic mass is 19.1. The van der Waals surface area contributed by atoms with Gasteiger partial charge in [0.05, 0.1) is 0 Å². The lowest BCUT2D eigenvalue weighted by molar-refractivity contribution is -0.131. The summed E-state index contributed by atoms with van der Waals surface area (Å²) in [6.45, 7) is 1.89. The molecule has 1 spiro atoms. The number of rotatable bonds is 5. The van der Waals surface area contributed by atoms with Crippen molar-refractivity contribution >= 4 is 28.6 Å². The van der Waals surface area contributed by atoms with Crippen molar-refractivity contribution in [1.29, 1.82) is 5.26 Å². The van der Waals surface area contributed by atoms with Gasteiger partial charge >= 0.3 is 0 Å². The number of likely N-dealkylation sites (tertiary alicyclic amines) is 1. The number of hydrogen-bond acceptors (Lipinski definition) is 5. The Hall–Kier alpha value is -3.99. The van der Waals surface area contributed by atoms with Crippen LogP contribution < -0.4 is 0 Å². The van der Waals surface area contributed by atoms with E-state index in [1.54, 1.807) is 35.2 Å². The molecule has 8 heteroatoms. The molecule has 1 saturated heterocycles. The molecule has 2 aromatic carbocycles. The molecule has 186 valence electrons. The first-order chi connectivity index (χ1) is 17.9. The summed E-state index contributed by atoms with van der Waals surface area (Å²) in [5, 5.41) is 9.81. The maximum Gasteiger partial charge on any atom is 0.256 e. The molecule has 3 fully saturated rings. The number of aliphatic imine (C=N–C) groups is 1. The number of halogens is 1. The molecule has 7 nitrogen and oxygen atoms in total. The van der Waals surface area contributed by atoms with E-state index in [0.717, 1.165) is 44.0 Å². The lowest BCUT2D eigenvalue weighted by Gasteiger charge is -2.24. The maximum atomic E-state index is 15.4. The first-order valence-corrected chi connectivity index (χ1v) is 12.9. The Morgan fingerprint density at radius 3 is 2.68 bits per heavy atom. The molecular formula is C29H25FN4O3. The summed E-state index contributed by atoms with van der Waals surface area (Å²) in [4.78, 5) is 34.3. The standard InChI is InChI=1S/C29H25FN4O3/c30-24-13-20(3-5-23(24)19-4-6-25-21(11-19)12-22(14-31)37-25)26-32-29(8-9-29)28(36)34(26)16-17-7-10-33(15-17)27(35)18-1-2-18/h3-6,11-13,17-18H,1-2,7-10,15-16H2/t17-/m1/s1. The van der Waals surface area contributed by atoms with Gasteiger partial charge in [-0.15, -0.1) is 0 Å². The van der Waals surface area contributed by atoms with Crippen LogP contribution in [-0.2, 0) is 9.59 Å². The minimum Gasteiger partial charge on any atom is -0.446 e. The number of amides is 2. The summed E-state index contributed by atoms with van der Waals surface area (Å²) in [5.74, 6) is 0.968. The van der Waals surface area contributed by atoms with Crippen LogP contribution in [0, 0.1) is 29.0 Å². The van der Waals surface area contributed by atoms with Crippen molar-refractivity contribution in [3.63, 3.8) is 0 Å². The number of furan rings is 1. The van der Waals surface area contributed by atoms with Crippen molar-refractivity contribution in [2.75, 3.05) is 19.6 Å². The molecular weight excluding hydrogens is 471 g/mol. The SMILES string of the molecule is N#Cc1cc2cc(-c3ccc(C4=NC5(CC5)C(=O)N4C[C@@H]4CCN(C(=O)C5CC5)C4)cc3F)ccc2o1. The molecule has 0 N–H and O–H groups in total. The Kier molecular flexibility index (Phi) is 4.81. The van der Waals surface area contributed by atoms with Gasteiger partial charge < -0.3 is 9.32 Å². The Morgan fingerprint density at radius 1 is 1.14 bits per heavy atom. The number of benzene rings is 2. The van der Waals surface area contributed by atoms with Crippen molar-refractivity contribution in [3.05, 3.63) is 59.6 Å². The molecule has 2 saturated carbocycles. The molecule has 0 radical (unpaired) electrons. The van der Waals surface area contributed by atoms with E-state index in [9.17, 15) is 9.59 Å². The van der Waals surface area contributed by atoms with E-state index < -0.39 is 11.4 Å². The van der Waals surface area contributed by atoms with Crippen molar-refractivity contribution in [1.82, 2.24) is 9.80 Å². The first-order valence-electron chi connectivity index (χ1n) is 12.9. The van der Waals surface area contributed by atoms with Crippen LogP contribution >= 0.6 is 0 Å². The van der Waals surface area contributed by atoms with Gasteiger partial charge in [-0.25, -0.2) is 4.39 Å². The van der Waals surface area contributed by atoms with Gasteiger partial charge in [0, 0.05) is 48.1 Å². The third kappa shape index (κ3) is 3.72. The van der Waals surface area contributed by atoms with Crippen molar-refractivity contribution in [2.45, 2.75) is 37.6 Å². The van der Waals surface area contributed by atoms with E-state index in [-0.39, 0.29) is 29.4 Å². The first kappa shape index (κ1) is 22.2. The number of fused-ring (bicyclic) bond motifs is 1. The predicted molar refractivity (Wildman–Crippen MR) is 134 cm³/mol. The summed E-state index contributed by atoms with van der Waals surface area (Å²) in [7, 11) is 0. The molecule has 3 heterocycles. The number of hydrogen-bond donors (Lipinski definition) is 0. The summed E-state index contributed by atoms with van der Waals surface area (Å²) >= 11 is 0. The Morgan fingerprint density at radius 2 is 1.95 bits per heavy atom. The van der Waals surface area contributed by atoms with E-state index in [4.69, 9.17) is 14.7 Å². The molecule has 0 unspecified atom stereocenters. The zero-order chi connectivity index (χ0) is 25.3. The molecule has 2 aliphatic heterocycles. The lowest BCUT2D eigenvalue weighted by Crippen LogP contribution is -2.41. The number of carbonyl (C=O) groups is 2. The lowest BCUT2D eigenvalue weighted by atomic mass is 10.0. The number of nitrogens with zero attached hydrogens (tertiary/aromatic N) is 4. The van der Waals surface area contributed by atoms with E-state index in [2.05, 4.69) is 0 Å². The van der Waals surface area contributed by atoms with Crippen molar-refractivity contribution in [2.24, 2.45) is 16.8 Å². The Balaban J connectivity index is 1.15. The van der Waals surface area contributed by atoms with Gasteiger partial charge in [0.2, 0.25) is 11.7 Å². The zero-order valence-electron chi connectivity index (χ0n) is 20.2. The monoisotopic (exact) mass is 496 g/mol. The molecule has 0 bridgehead atoms. The highest BCUT2D eigenvalue weighted by Crippen LogP contribution is 2.46. The van der Waals surface area contributed by atoms with E-state index in [1.165, 1.54) is 6.07 Å². The van der Waals surface area contributed by atoms with Crippen LogP contribution in [-0.4, -0.2) is 52.6 Å². The second-order valence-corrected chi connectivity index (χ2v) is 10.8. The van der Waals surface area contributed by atoms with Gasteiger partial charge in [0.15, 0.2) is 0 Å².